The molecule has 0 unspecified atom stereocenters. The van der Waals surface area contributed by atoms with Gasteiger partial charge in [-0.15, -0.1) is 0 Å². The van der Waals surface area contributed by atoms with Gasteiger partial charge in [-0.25, -0.2) is 4.79 Å². The molecule has 1 aromatic rings. The molecule has 0 aliphatic heterocycles. The van der Waals surface area contributed by atoms with E-state index < -0.39 is 10.9 Å². The molecule has 0 atom stereocenters. The molecule has 0 amide bonds. The van der Waals surface area contributed by atoms with Crippen molar-refractivity contribution in [2.24, 2.45) is 0 Å². The predicted molar refractivity (Wildman–Crippen MR) is 80.2 cm³/mol. The Bertz CT molecular complexity index is 554. The minimum Gasteiger partial charge on any atom is -0.478 e. The van der Waals surface area contributed by atoms with Crippen molar-refractivity contribution >= 4 is 28.9 Å². The van der Waals surface area contributed by atoms with Gasteiger partial charge < -0.3 is 10.4 Å². The summed E-state index contributed by atoms with van der Waals surface area (Å²) in [7, 11) is 0. The number of nitro benzene ring substituents is 1. The number of nitro groups is 1. The third-order valence-electron chi connectivity index (χ3n) is 3.72. The number of hydrogen-bond acceptors (Lipinski definition) is 4. The largest absolute Gasteiger partial charge is 0.478 e. The van der Waals surface area contributed by atoms with Crippen LogP contribution in [-0.4, -0.2) is 22.0 Å². The number of anilines is 1. The second-order valence-electron chi connectivity index (χ2n) is 5.25. The summed E-state index contributed by atoms with van der Waals surface area (Å²) in [4.78, 5) is 21.5. The number of hydrogen-bond donors (Lipinski definition) is 2. The number of aromatic carboxylic acids is 1. The van der Waals surface area contributed by atoms with Crippen molar-refractivity contribution in [1.29, 1.82) is 0 Å². The van der Waals surface area contributed by atoms with Crippen LogP contribution >= 0.6 is 11.6 Å². The van der Waals surface area contributed by atoms with Gasteiger partial charge >= 0.3 is 5.97 Å². The summed E-state index contributed by atoms with van der Waals surface area (Å²) in [5.41, 5.74) is -0.191. The molecule has 1 saturated carbocycles. The highest BCUT2D eigenvalue weighted by atomic mass is 35.5. The molecule has 1 fully saturated rings. The standard InChI is InChI=1S/C14H17ClN2O4/c15-12-8-10(17(20)21)7-11(14(18)19)13(12)16-9-5-3-1-2-4-6-9/h7-9,16H,1-6H2,(H,18,19). The summed E-state index contributed by atoms with van der Waals surface area (Å²) in [5.74, 6) is -1.23. The van der Waals surface area contributed by atoms with Crippen LogP contribution in [0.1, 0.15) is 48.9 Å². The first-order valence-electron chi connectivity index (χ1n) is 6.97. The van der Waals surface area contributed by atoms with E-state index in [1.54, 1.807) is 0 Å². The minimum absolute atomic E-state index is 0.0749. The SMILES string of the molecule is O=C(O)c1cc([N+](=O)[O-])cc(Cl)c1NC1CCCCCC1. The molecule has 114 valence electrons. The van der Waals surface area contributed by atoms with E-state index in [1.165, 1.54) is 18.9 Å². The average molecular weight is 313 g/mol. The van der Waals surface area contributed by atoms with Crippen molar-refractivity contribution in [1.82, 2.24) is 0 Å². The highest BCUT2D eigenvalue weighted by Gasteiger charge is 2.22. The lowest BCUT2D eigenvalue weighted by Crippen LogP contribution is -2.20. The van der Waals surface area contributed by atoms with Crippen LogP contribution < -0.4 is 5.32 Å². The molecule has 0 bridgehead atoms. The van der Waals surface area contributed by atoms with E-state index in [2.05, 4.69) is 5.32 Å². The van der Waals surface area contributed by atoms with Gasteiger partial charge in [0.15, 0.2) is 0 Å². The number of carbonyl (C=O) groups is 1. The minimum atomic E-state index is -1.23. The number of carboxylic acids is 1. The highest BCUT2D eigenvalue weighted by Crippen LogP contribution is 2.33. The third kappa shape index (κ3) is 3.85. The van der Waals surface area contributed by atoms with Crippen molar-refractivity contribution in [3.05, 3.63) is 32.8 Å². The Morgan fingerprint density at radius 1 is 1.29 bits per heavy atom. The summed E-state index contributed by atoms with van der Waals surface area (Å²) in [5, 5.41) is 23.3. The third-order valence-corrected chi connectivity index (χ3v) is 4.02. The van der Waals surface area contributed by atoms with Crippen LogP contribution in [0.4, 0.5) is 11.4 Å². The van der Waals surface area contributed by atoms with Crippen LogP contribution in [0.2, 0.25) is 5.02 Å². The molecule has 0 aromatic heterocycles. The summed E-state index contributed by atoms with van der Waals surface area (Å²) >= 11 is 6.05. The number of nitrogens with zero attached hydrogens (tertiary/aromatic N) is 1. The van der Waals surface area contributed by atoms with Gasteiger partial charge in [-0.3, -0.25) is 10.1 Å². The highest BCUT2D eigenvalue weighted by molar-refractivity contribution is 6.34. The van der Waals surface area contributed by atoms with Crippen LogP contribution in [0.25, 0.3) is 0 Å². The molecule has 0 saturated heterocycles. The van der Waals surface area contributed by atoms with Crippen molar-refractivity contribution in [2.75, 3.05) is 5.32 Å². The zero-order valence-corrected chi connectivity index (χ0v) is 12.2. The number of non-ortho nitro benzene ring substituents is 1. The Hall–Kier alpha value is -1.82. The molecule has 6 nitrogen and oxygen atoms in total. The van der Waals surface area contributed by atoms with Gasteiger partial charge in [0.2, 0.25) is 0 Å². The maximum Gasteiger partial charge on any atom is 0.338 e. The maximum absolute atomic E-state index is 11.3. The molecule has 2 rings (SSSR count). The predicted octanol–water partition coefficient (Wildman–Crippen LogP) is 4.08. The Kier molecular flexibility index (Phi) is 5.01. The fourth-order valence-electron chi connectivity index (χ4n) is 2.64. The fraction of sp³-hybridized carbons (Fsp3) is 0.500. The molecule has 0 spiro atoms. The van der Waals surface area contributed by atoms with Crippen LogP contribution in [0.3, 0.4) is 0 Å². The summed E-state index contributed by atoms with van der Waals surface area (Å²) in [6, 6.07) is 2.39. The summed E-state index contributed by atoms with van der Waals surface area (Å²) in [6.07, 6.45) is 6.43. The number of nitrogens with one attached hydrogen (secondary N) is 1. The second-order valence-corrected chi connectivity index (χ2v) is 5.65. The lowest BCUT2D eigenvalue weighted by atomic mass is 10.1. The Morgan fingerprint density at radius 3 is 2.43 bits per heavy atom. The lowest BCUT2D eigenvalue weighted by molar-refractivity contribution is -0.384. The number of carboxylic acid groups (broad SMARTS) is 1. The van der Waals surface area contributed by atoms with Gasteiger partial charge in [-0.2, -0.15) is 0 Å². The van der Waals surface area contributed by atoms with E-state index in [0.29, 0.717) is 0 Å². The molecule has 0 heterocycles. The van der Waals surface area contributed by atoms with Crippen LogP contribution in [0, 0.1) is 10.1 Å². The monoisotopic (exact) mass is 312 g/mol. The van der Waals surface area contributed by atoms with Crippen LogP contribution in [-0.2, 0) is 0 Å². The smallest absolute Gasteiger partial charge is 0.338 e. The fourth-order valence-corrected chi connectivity index (χ4v) is 2.91. The second kappa shape index (κ2) is 6.76. The molecular weight excluding hydrogens is 296 g/mol. The normalized spacial score (nSPS) is 16.2. The van der Waals surface area contributed by atoms with Gasteiger partial charge in [0, 0.05) is 18.2 Å². The van der Waals surface area contributed by atoms with E-state index in [0.717, 1.165) is 31.7 Å². The van der Waals surface area contributed by atoms with Crippen molar-refractivity contribution in [2.45, 2.75) is 44.6 Å². The van der Waals surface area contributed by atoms with Gasteiger partial charge in [0.25, 0.3) is 5.69 Å². The Balaban J connectivity index is 2.32. The van der Waals surface area contributed by atoms with Crippen molar-refractivity contribution in [3.8, 4) is 0 Å². The van der Waals surface area contributed by atoms with E-state index in [1.807, 2.05) is 0 Å². The topological polar surface area (TPSA) is 92.5 Å². The Morgan fingerprint density at radius 2 is 1.90 bits per heavy atom. The molecule has 1 aliphatic carbocycles. The Labute approximate surface area is 127 Å². The van der Waals surface area contributed by atoms with Gasteiger partial charge in [-0.1, -0.05) is 37.3 Å². The lowest BCUT2D eigenvalue weighted by Gasteiger charge is -2.20. The first-order valence-corrected chi connectivity index (χ1v) is 7.34. The van der Waals surface area contributed by atoms with Crippen LogP contribution in [0.15, 0.2) is 12.1 Å². The quantitative estimate of drug-likeness (QED) is 0.496. The molecule has 7 heteroatoms. The maximum atomic E-state index is 11.3. The molecule has 2 N–H and O–H groups in total. The molecule has 21 heavy (non-hydrogen) atoms. The summed E-state index contributed by atoms with van der Waals surface area (Å²) < 4.78 is 0. The molecule has 1 aromatic carbocycles. The van der Waals surface area contributed by atoms with Gasteiger partial charge in [0.1, 0.15) is 0 Å². The van der Waals surface area contributed by atoms with Gasteiger partial charge in [-0.05, 0) is 12.8 Å². The van der Waals surface area contributed by atoms with E-state index in [-0.39, 0.29) is 28.0 Å². The van der Waals surface area contributed by atoms with Crippen LogP contribution in [0.5, 0.6) is 0 Å². The summed E-state index contributed by atoms with van der Waals surface area (Å²) in [6.45, 7) is 0. The number of halogens is 1. The molecular formula is C14H17ClN2O4. The van der Waals surface area contributed by atoms with Gasteiger partial charge in [0.05, 0.1) is 21.2 Å². The first-order chi connectivity index (χ1) is 9.99. The molecule has 0 radical (unpaired) electrons. The molecule has 1 aliphatic rings. The van der Waals surface area contributed by atoms with E-state index >= 15 is 0 Å². The van der Waals surface area contributed by atoms with Crippen molar-refractivity contribution < 1.29 is 14.8 Å². The zero-order valence-electron chi connectivity index (χ0n) is 11.5. The zero-order chi connectivity index (χ0) is 15.4. The average Bonchev–Trinajstić information content (AvgIpc) is 2.68. The van der Waals surface area contributed by atoms with Crippen molar-refractivity contribution in [3.63, 3.8) is 0 Å². The van der Waals surface area contributed by atoms with E-state index in [9.17, 15) is 20.0 Å². The van der Waals surface area contributed by atoms with E-state index in [4.69, 9.17) is 11.6 Å². The first kappa shape index (κ1) is 15.6. The number of rotatable bonds is 4. The number of benzene rings is 1.